The average molecular weight is 236 g/mol. The number of benzene rings is 1. The summed E-state index contributed by atoms with van der Waals surface area (Å²) in [5.41, 5.74) is 6.70. The number of anilines is 1. The summed E-state index contributed by atoms with van der Waals surface area (Å²) >= 11 is 0. The Hall–Kier alpha value is -2.17. The molecule has 0 amide bonds. The molecule has 1 heterocycles. The van der Waals surface area contributed by atoms with E-state index in [-0.39, 0.29) is 11.6 Å². The third-order valence-corrected chi connectivity index (χ3v) is 2.21. The van der Waals surface area contributed by atoms with Crippen molar-refractivity contribution in [2.45, 2.75) is 6.92 Å². The molecule has 3 nitrogen and oxygen atoms in total. The van der Waals surface area contributed by atoms with E-state index in [0.717, 1.165) is 12.1 Å². The van der Waals surface area contributed by atoms with Crippen LogP contribution in [0.5, 0.6) is 11.6 Å². The molecule has 2 aromatic rings. The van der Waals surface area contributed by atoms with E-state index in [4.69, 9.17) is 10.5 Å². The van der Waals surface area contributed by atoms with Gasteiger partial charge < -0.3 is 10.5 Å². The Kier molecular flexibility index (Phi) is 2.91. The zero-order chi connectivity index (χ0) is 12.4. The Labute approximate surface area is 96.9 Å². The molecule has 0 saturated carbocycles. The molecule has 88 valence electrons. The minimum absolute atomic E-state index is 0.0805. The van der Waals surface area contributed by atoms with Gasteiger partial charge in [-0.2, -0.15) is 0 Å². The molecule has 1 aromatic heterocycles. The van der Waals surface area contributed by atoms with Crippen LogP contribution in [0.25, 0.3) is 0 Å². The molecule has 0 bridgehead atoms. The van der Waals surface area contributed by atoms with Gasteiger partial charge >= 0.3 is 0 Å². The molecule has 5 heteroatoms. The number of ether oxygens (including phenoxy) is 1. The molecule has 0 aliphatic carbocycles. The maximum absolute atomic E-state index is 13.3. The standard InChI is InChI=1S/C12H10F2N2O/c1-7-10(15)3-5-12(16-7)17-11-4-2-8(13)6-9(11)14/h2-6H,15H2,1H3. The molecule has 0 aliphatic rings. The molecule has 17 heavy (non-hydrogen) atoms. The van der Waals surface area contributed by atoms with Crippen LogP contribution in [-0.4, -0.2) is 4.98 Å². The van der Waals surface area contributed by atoms with Gasteiger partial charge in [0.2, 0.25) is 5.88 Å². The fourth-order valence-corrected chi connectivity index (χ4v) is 1.28. The summed E-state index contributed by atoms with van der Waals surface area (Å²) in [7, 11) is 0. The normalized spacial score (nSPS) is 10.3. The van der Waals surface area contributed by atoms with Crippen molar-refractivity contribution in [1.29, 1.82) is 0 Å². The molecule has 0 fully saturated rings. The van der Waals surface area contributed by atoms with Crippen molar-refractivity contribution >= 4 is 5.69 Å². The van der Waals surface area contributed by atoms with Crippen LogP contribution in [0.3, 0.4) is 0 Å². The maximum Gasteiger partial charge on any atom is 0.219 e. The smallest absolute Gasteiger partial charge is 0.219 e. The first-order valence-electron chi connectivity index (χ1n) is 4.92. The predicted molar refractivity (Wildman–Crippen MR) is 59.8 cm³/mol. The molecule has 0 saturated heterocycles. The highest BCUT2D eigenvalue weighted by Crippen LogP contribution is 2.24. The van der Waals surface area contributed by atoms with E-state index < -0.39 is 11.6 Å². The summed E-state index contributed by atoms with van der Waals surface area (Å²) in [6, 6.07) is 6.20. The maximum atomic E-state index is 13.3. The lowest BCUT2D eigenvalue weighted by molar-refractivity contribution is 0.423. The minimum atomic E-state index is -0.777. The Bertz CT molecular complexity index is 558. The van der Waals surface area contributed by atoms with Gasteiger partial charge in [0.1, 0.15) is 5.82 Å². The molecule has 0 spiro atoms. The van der Waals surface area contributed by atoms with Gasteiger partial charge in [0.25, 0.3) is 0 Å². The number of aryl methyl sites for hydroxylation is 1. The zero-order valence-corrected chi connectivity index (χ0v) is 9.08. The summed E-state index contributed by atoms with van der Waals surface area (Å²) in [4.78, 5) is 4.02. The third-order valence-electron chi connectivity index (χ3n) is 2.21. The molecular formula is C12H10F2N2O. The number of nitrogens with two attached hydrogens (primary N) is 1. The van der Waals surface area contributed by atoms with Crippen LogP contribution < -0.4 is 10.5 Å². The van der Waals surface area contributed by atoms with Gasteiger partial charge in [-0.25, -0.2) is 13.8 Å². The number of pyridine rings is 1. The molecule has 0 unspecified atom stereocenters. The molecule has 0 radical (unpaired) electrons. The average Bonchev–Trinajstić information content (AvgIpc) is 2.27. The van der Waals surface area contributed by atoms with Crippen molar-refractivity contribution in [3.05, 3.63) is 47.7 Å². The lowest BCUT2D eigenvalue weighted by Gasteiger charge is -2.07. The number of rotatable bonds is 2. The van der Waals surface area contributed by atoms with Gasteiger partial charge in [-0.1, -0.05) is 0 Å². The van der Waals surface area contributed by atoms with Crippen molar-refractivity contribution in [2.24, 2.45) is 0 Å². The second-order valence-electron chi connectivity index (χ2n) is 3.50. The molecule has 2 rings (SSSR count). The van der Waals surface area contributed by atoms with Gasteiger partial charge in [0, 0.05) is 12.1 Å². The first kappa shape index (κ1) is 11.3. The first-order chi connectivity index (χ1) is 8.06. The molecular weight excluding hydrogens is 226 g/mol. The fraction of sp³-hybridized carbons (Fsp3) is 0.0833. The van der Waals surface area contributed by atoms with Crippen LogP contribution in [0.1, 0.15) is 5.69 Å². The van der Waals surface area contributed by atoms with E-state index in [2.05, 4.69) is 4.98 Å². The second-order valence-corrected chi connectivity index (χ2v) is 3.50. The van der Waals surface area contributed by atoms with E-state index in [1.165, 1.54) is 12.1 Å². The van der Waals surface area contributed by atoms with Crippen LogP contribution in [0.4, 0.5) is 14.5 Å². The number of nitrogens with zero attached hydrogens (tertiary/aromatic N) is 1. The summed E-state index contributed by atoms with van der Waals surface area (Å²) in [6.45, 7) is 1.71. The van der Waals surface area contributed by atoms with E-state index in [1.54, 1.807) is 13.0 Å². The van der Waals surface area contributed by atoms with Crippen molar-refractivity contribution in [3.63, 3.8) is 0 Å². The predicted octanol–water partition coefficient (Wildman–Crippen LogP) is 3.04. The third kappa shape index (κ3) is 2.50. The largest absolute Gasteiger partial charge is 0.436 e. The quantitative estimate of drug-likeness (QED) is 0.871. The monoisotopic (exact) mass is 236 g/mol. The van der Waals surface area contributed by atoms with Crippen LogP contribution in [0.2, 0.25) is 0 Å². The number of halogens is 2. The summed E-state index contributed by atoms with van der Waals surface area (Å²) in [6.07, 6.45) is 0. The molecule has 0 atom stereocenters. The summed E-state index contributed by atoms with van der Waals surface area (Å²) in [5, 5.41) is 0. The first-order valence-corrected chi connectivity index (χ1v) is 4.92. The SMILES string of the molecule is Cc1nc(Oc2ccc(F)cc2F)ccc1N. The Balaban J connectivity index is 2.28. The van der Waals surface area contributed by atoms with E-state index >= 15 is 0 Å². The number of hydrogen-bond acceptors (Lipinski definition) is 3. The Morgan fingerprint density at radius 3 is 2.59 bits per heavy atom. The van der Waals surface area contributed by atoms with Crippen molar-refractivity contribution in [1.82, 2.24) is 4.98 Å². The van der Waals surface area contributed by atoms with Crippen LogP contribution in [0.15, 0.2) is 30.3 Å². The van der Waals surface area contributed by atoms with Crippen LogP contribution in [0, 0.1) is 18.6 Å². The number of nitrogen functional groups attached to an aromatic ring is 1. The van der Waals surface area contributed by atoms with Crippen LogP contribution in [-0.2, 0) is 0 Å². The van der Waals surface area contributed by atoms with Crippen molar-refractivity contribution < 1.29 is 13.5 Å². The zero-order valence-electron chi connectivity index (χ0n) is 9.08. The highest BCUT2D eigenvalue weighted by Gasteiger charge is 2.07. The van der Waals surface area contributed by atoms with Gasteiger partial charge in [-0.15, -0.1) is 0 Å². The molecule has 1 aromatic carbocycles. The Morgan fingerprint density at radius 1 is 1.18 bits per heavy atom. The molecule has 2 N–H and O–H groups in total. The summed E-state index contributed by atoms with van der Waals surface area (Å²) in [5.74, 6) is -1.30. The molecule has 0 aliphatic heterocycles. The van der Waals surface area contributed by atoms with Gasteiger partial charge in [0.05, 0.1) is 11.4 Å². The topological polar surface area (TPSA) is 48.1 Å². The van der Waals surface area contributed by atoms with Crippen molar-refractivity contribution in [2.75, 3.05) is 5.73 Å². The van der Waals surface area contributed by atoms with Gasteiger partial charge in [-0.3, -0.25) is 0 Å². The number of aromatic nitrogens is 1. The lowest BCUT2D eigenvalue weighted by atomic mass is 10.3. The highest BCUT2D eigenvalue weighted by molar-refractivity contribution is 5.44. The van der Waals surface area contributed by atoms with E-state index in [1.807, 2.05) is 0 Å². The van der Waals surface area contributed by atoms with Gasteiger partial charge in [0.15, 0.2) is 11.6 Å². The fourth-order valence-electron chi connectivity index (χ4n) is 1.28. The number of hydrogen-bond donors (Lipinski definition) is 1. The second kappa shape index (κ2) is 4.37. The van der Waals surface area contributed by atoms with E-state index in [9.17, 15) is 8.78 Å². The summed E-state index contributed by atoms with van der Waals surface area (Å²) < 4.78 is 31.2. The van der Waals surface area contributed by atoms with E-state index in [0.29, 0.717) is 11.4 Å². The van der Waals surface area contributed by atoms with Crippen molar-refractivity contribution in [3.8, 4) is 11.6 Å². The highest BCUT2D eigenvalue weighted by atomic mass is 19.1. The van der Waals surface area contributed by atoms with Crippen LogP contribution >= 0.6 is 0 Å². The van der Waals surface area contributed by atoms with Gasteiger partial charge in [-0.05, 0) is 25.1 Å². The lowest BCUT2D eigenvalue weighted by Crippen LogP contribution is -1.96. The Morgan fingerprint density at radius 2 is 1.94 bits per heavy atom. The minimum Gasteiger partial charge on any atom is -0.436 e.